The van der Waals surface area contributed by atoms with E-state index in [4.69, 9.17) is 4.74 Å². The molecule has 0 unspecified atom stereocenters. The summed E-state index contributed by atoms with van der Waals surface area (Å²) in [4.78, 5) is 38.6. The number of amides is 1. The number of Topliss-reactive ketones (excluding diaryl/α,β-unsaturated/α-hetero) is 1. The number of likely N-dealkylation sites (N-methyl/N-ethyl adjacent to an activating group) is 1. The Bertz CT molecular complexity index is 891. The molecule has 0 saturated heterocycles. The van der Waals surface area contributed by atoms with E-state index >= 15 is 0 Å². The number of ether oxygens (including phenoxy) is 1. The molecule has 0 bridgehead atoms. The largest absolute Gasteiger partial charge is 0.457 e. The van der Waals surface area contributed by atoms with Crippen molar-refractivity contribution >= 4 is 23.3 Å². The summed E-state index contributed by atoms with van der Waals surface area (Å²) in [6, 6.07) is 14.7. The number of carbonyl (C=O) groups is 3. The van der Waals surface area contributed by atoms with Gasteiger partial charge < -0.3 is 9.64 Å². The van der Waals surface area contributed by atoms with Crippen LogP contribution in [-0.2, 0) is 20.7 Å². The first-order valence-corrected chi connectivity index (χ1v) is 9.56. The average molecular weight is 379 g/mol. The van der Waals surface area contributed by atoms with Gasteiger partial charge in [-0.05, 0) is 35.2 Å². The van der Waals surface area contributed by atoms with Crippen LogP contribution >= 0.6 is 0 Å². The summed E-state index contributed by atoms with van der Waals surface area (Å²) in [5.74, 6) is -0.943. The lowest BCUT2D eigenvalue weighted by molar-refractivity contribution is -0.145. The molecule has 5 heteroatoms. The topological polar surface area (TPSA) is 63.7 Å². The summed E-state index contributed by atoms with van der Waals surface area (Å²) in [7, 11) is 1.72. The summed E-state index contributed by atoms with van der Waals surface area (Å²) in [6.07, 6.45) is 1.12. The van der Waals surface area contributed by atoms with Gasteiger partial charge in [0.15, 0.2) is 12.4 Å². The summed E-state index contributed by atoms with van der Waals surface area (Å²) < 4.78 is 5.39. The van der Waals surface area contributed by atoms with E-state index in [-0.39, 0.29) is 36.6 Å². The molecule has 0 radical (unpaired) electrons. The molecule has 0 spiro atoms. The maximum Gasteiger partial charge on any atom is 0.314 e. The molecular formula is C23H25NO4. The molecule has 0 aromatic heterocycles. The van der Waals surface area contributed by atoms with E-state index in [9.17, 15) is 14.4 Å². The fourth-order valence-electron chi connectivity index (χ4n) is 3.55. The highest BCUT2D eigenvalue weighted by atomic mass is 16.5. The number of hydrogen-bond donors (Lipinski definition) is 0. The number of rotatable bonds is 7. The second kappa shape index (κ2) is 8.38. The molecule has 0 aliphatic carbocycles. The van der Waals surface area contributed by atoms with Crippen LogP contribution in [0.1, 0.15) is 47.7 Å². The fraction of sp³-hybridized carbons (Fsp3) is 0.348. The third-order valence-electron chi connectivity index (χ3n) is 5.45. The van der Waals surface area contributed by atoms with Crippen molar-refractivity contribution in [3.05, 3.63) is 65.2 Å². The monoisotopic (exact) mass is 379 g/mol. The Morgan fingerprint density at radius 2 is 1.86 bits per heavy atom. The predicted molar refractivity (Wildman–Crippen MR) is 107 cm³/mol. The van der Waals surface area contributed by atoms with Crippen molar-refractivity contribution in [1.82, 2.24) is 0 Å². The minimum Gasteiger partial charge on any atom is -0.457 e. The summed E-state index contributed by atoms with van der Waals surface area (Å²) in [5.41, 5.74) is 2.99. The summed E-state index contributed by atoms with van der Waals surface area (Å²) in [6.45, 7) is 3.73. The van der Waals surface area contributed by atoms with Crippen LogP contribution < -0.4 is 4.90 Å². The fourth-order valence-corrected chi connectivity index (χ4v) is 3.55. The molecule has 3 rings (SSSR count). The zero-order chi connectivity index (χ0) is 20.3. The number of fused-ring (bicyclic) bond motifs is 1. The van der Waals surface area contributed by atoms with Crippen LogP contribution in [0.3, 0.4) is 0 Å². The minimum atomic E-state index is -0.398. The number of nitrogens with zero attached hydrogens (tertiary/aromatic N) is 1. The third kappa shape index (κ3) is 3.98. The second-order valence-electron chi connectivity index (χ2n) is 7.28. The van der Waals surface area contributed by atoms with Gasteiger partial charge in [0.2, 0.25) is 5.91 Å². The van der Waals surface area contributed by atoms with Crippen LogP contribution in [0.15, 0.2) is 48.5 Å². The van der Waals surface area contributed by atoms with Crippen molar-refractivity contribution in [3.63, 3.8) is 0 Å². The molecule has 2 aromatic rings. The number of benzene rings is 2. The molecule has 0 fully saturated rings. The van der Waals surface area contributed by atoms with Gasteiger partial charge in [-0.2, -0.15) is 0 Å². The highest BCUT2D eigenvalue weighted by molar-refractivity contribution is 6.04. The average Bonchev–Trinajstić information content (AvgIpc) is 3.00. The maximum absolute atomic E-state index is 12.7. The van der Waals surface area contributed by atoms with Gasteiger partial charge in [0.05, 0.1) is 12.3 Å². The lowest BCUT2D eigenvalue weighted by Crippen LogP contribution is -2.24. The van der Waals surface area contributed by atoms with Crippen molar-refractivity contribution in [2.45, 2.75) is 32.6 Å². The first kappa shape index (κ1) is 19.8. The smallest absolute Gasteiger partial charge is 0.314 e. The number of anilines is 1. The normalized spacial score (nSPS) is 15.1. The van der Waals surface area contributed by atoms with Gasteiger partial charge in [-0.3, -0.25) is 14.4 Å². The molecular weight excluding hydrogens is 354 g/mol. The standard InChI is InChI=1S/C23H25NO4/c1-4-15(2)22(16-8-6-5-7-9-16)23(27)28-14-20(25)17-10-11-19-18(12-17)13-21(26)24(19)3/h5-12,15,22H,4,13-14H2,1-3H3/t15-,22+/m1/s1. The Morgan fingerprint density at radius 3 is 2.54 bits per heavy atom. The molecule has 28 heavy (non-hydrogen) atoms. The number of ketones is 1. The van der Waals surface area contributed by atoms with E-state index in [2.05, 4.69) is 0 Å². The SMILES string of the molecule is CC[C@@H](C)[C@H](C(=O)OCC(=O)c1ccc2c(c1)CC(=O)N2C)c1ccccc1. The van der Waals surface area contributed by atoms with Crippen molar-refractivity contribution in [3.8, 4) is 0 Å². The van der Waals surface area contributed by atoms with E-state index < -0.39 is 5.92 Å². The van der Waals surface area contributed by atoms with Crippen LogP contribution in [0.4, 0.5) is 5.69 Å². The van der Waals surface area contributed by atoms with Crippen LogP contribution in [-0.4, -0.2) is 31.3 Å². The minimum absolute atomic E-state index is 0.00489. The van der Waals surface area contributed by atoms with Gasteiger partial charge in [0, 0.05) is 18.3 Å². The highest BCUT2D eigenvalue weighted by Crippen LogP contribution is 2.30. The van der Waals surface area contributed by atoms with Gasteiger partial charge in [-0.15, -0.1) is 0 Å². The van der Waals surface area contributed by atoms with E-state index in [1.165, 1.54) is 0 Å². The zero-order valence-electron chi connectivity index (χ0n) is 16.5. The lowest BCUT2D eigenvalue weighted by atomic mass is 9.85. The van der Waals surface area contributed by atoms with E-state index in [1.807, 2.05) is 44.2 Å². The maximum atomic E-state index is 12.7. The Hall–Kier alpha value is -2.95. The Morgan fingerprint density at radius 1 is 1.14 bits per heavy atom. The van der Waals surface area contributed by atoms with Crippen LogP contribution in [0.2, 0.25) is 0 Å². The van der Waals surface area contributed by atoms with Gasteiger partial charge in [-0.1, -0.05) is 50.6 Å². The lowest BCUT2D eigenvalue weighted by Gasteiger charge is -2.21. The molecule has 1 aliphatic heterocycles. The molecule has 146 valence electrons. The molecule has 5 nitrogen and oxygen atoms in total. The van der Waals surface area contributed by atoms with Crippen molar-refractivity contribution in [2.24, 2.45) is 5.92 Å². The Labute approximate surface area is 165 Å². The van der Waals surface area contributed by atoms with Crippen LogP contribution in [0.25, 0.3) is 0 Å². The van der Waals surface area contributed by atoms with Gasteiger partial charge in [0.1, 0.15) is 0 Å². The number of hydrogen-bond acceptors (Lipinski definition) is 4. The van der Waals surface area contributed by atoms with Gasteiger partial charge >= 0.3 is 5.97 Å². The Balaban J connectivity index is 1.69. The summed E-state index contributed by atoms with van der Waals surface area (Å²) >= 11 is 0. The first-order chi connectivity index (χ1) is 13.4. The molecule has 0 saturated carbocycles. The van der Waals surface area contributed by atoms with Gasteiger partial charge in [-0.25, -0.2) is 0 Å². The molecule has 1 amide bonds. The summed E-state index contributed by atoms with van der Waals surface area (Å²) in [5, 5.41) is 0. The second-order valence-corrected chi connectivity index (χ2v) is 7.28. The molecule has 2 aromatic carbocycles. The van der Waals surface area contributed by atoms with E-state index in [0.29, 0.717) is 5.56 Å². The van der Waals surface area contributed by atoms with E-state index in [1.54, 1.807) is 30.1 Å². The van der Waals surface area contributed by atoms with Gasteiger partial charge in [0.25, 0.3) is 0 Å². The molecule has 2 atom stereocenters. The number of carbonyl (C=O) groups excluding carboxylic acids is 3. The zero-order valence-corrected chi connectivity index (χ0v) is 16.5. The quantitative estimate of drug-likeness (QED) is 0.543. The highest BCUT2D eigenvalue weighted by Gasteiger charge is 2.28. The first-order valence-electron chi connectivity index (χ1n) is 9.56. The number of esters is 1. The molecule has 1 aliphatic rings. The van der Waals surface area contributed by atoms with Crippen LogP contribution in [0.5, 0.6) is 0 Å². The predicted octanol–water partition coefficient (Wildman–Crippen LogP) is 3.76. The molecule has 1 heterocycles. The third-order valence-corrected chi connectivity index (χ3v) is 5.45. The van der Waals surface area contributed by atoms with Crippen LogP contribution in [0, 0.1) is 5.92 Å². The van der Waals surface area contributed by atoms with Crippen molar-refractivity contribution < 1.29 is 19.1 Å². The molecule has 0 N–H and O–H groups in total. The Kier molecular flexibility index (Phi) is 5.93. The van der Waals surface area contributed by atoms with E-state index in [0.717, 1.165) is 23.2 Å². The van der Waals surface area contributed by atoms with Crippen molar-refractivity contribution in [1.29, 1.82) is 0 Å². The van der Waals surface area contributed by atoms with Crippen molar-refractivity contribution in [2.75, 3.05) is 18.6 Å².